The van der Waals surface area contributed by atoms with Crippen molar-refractivity contribution in [3.8, 4) is 0 Å². The minimum Gasteiger partial charge on any atom is -0.273 e. The molecule has 0 atom stereocenters. The van der Waals surface area contributed by atoms with E-state index in [-0.39, 0.29) is 5.91 Å². The van der Waals surface area contributed by atoms with Gasteiger partial charge in [-0.15, -0.1) is 0 Å². The molecule has 0 aliphatic carbocycles. The van der Waals surface area contributed by atoms with E-state index in [4.69, 9.17) is 0 Å². The van der Waals surface area contributed by atoms with Crippen molar-refractivity contribution in [2.75, 3.05) is 5.01 Å². The topological polar surface area (TPSA) is 58.5 Å². The maximum atomic E-state index is 11.9. The number of amides is 1. The molecule has 0 saturated heterocycles. The predicted molar refractivity (Wildman–Crippen MR) is 88.2 cm³/mol. The second-order valence-electron chi connectivity index (χ2n) is 5.37. The summed E-state index contributed by atoms with van der Waals surface area (Å²) in [6.45, 7) is 9.26. The zero-order valence-corrected chi connectivity index (χ0v) is 13.6. The van der Waals surface area contributed by atoms with E-state index in [2.05, 4.69) is 15.1 Å². The van der Waals surface area contributed by atoms with Crippen LogP contribution in [0.25, 0.3) is 0 Å². The highest BCUT2D eigenvalue weighted by molar-refractivity contribution is 5.93. The Kier molecular flexibility index (Phi) is 4.65. The Hall–Kier alpha value is -2.56. The molecule has 0 unspecified atom stereocenters. The van der Waals surface area contributed by atoms with E-state index in [0.717, 1.165) is 28.2 Å². The van der Waals surface area contributed by atoms with Crippen molar-refractivity contribution in [2.45, 2.75) is 34.6 Å². The SMILES string of the molecule is CC(=O)N(/N=C/c1nc(C)cc(C)n1)c1ccc(C)cc1C. The van der Waals surface area contributed by atoms with Gasteiger partial charge >= 0.3 is 0 Å². The van der Waals surface area contributed by atoms with Gasteiger partial charge in [0.15, 0.2) is 5.82 Å². The molecule has 5 heteroatoms. The summed E-state index contributed by atoms with van der Waals surface area (Å²) in [6.07, 6.45) is 1.51. The molecule has 0 saturated carbocycles. The molecule has 22 heavy (non-hydrogen) atoms. The third-order valence-corrected chi connectivity index (χ3v) is 3.17. The van der Waals surface area contributed by atoms with Gasteiger partial charge in [-0.05, 0) is 45.4 Å². The fourth-order valence-corrected chi connectivity index (χ4v) is 2.28. The van der Waals surface area contributed by atoms with Crippen LogP contribution >= 0.6 is 0 Å². The lowest BCUT2D eigenvalue weighted by molar-refractivity contribution is -0.116. The number of benzene rings is 1. The van der Waals surface area contributed by atoms with Crippen LogP contribution in [-0.2, 0) is 4.79 Å². The van der Waals surface area contributed by atoms with Crippen molar-refractivity contribution < 1.29 is 4.79 Å². The highest BCUT2D eigenvalue weighted by Crippen LogP contribution is 2.21. The zero-order valence-electron chi connectivity index (χ0n) is 13.6. The minimum absolute atomic E-state index is 0.160. The van der Waals surface area contributed by atoms with Gasteiger partial charge in [0.1, 0.15) is 0 Å². The smallest absolute Gasteiger partial charge is 0.244 e. The molecule has 114 valence electrons. The first kappa shape index (κ1) is 15.8. The summed E-state index contributed by atoms with van der Waals surface area (Å²) >= 11 is 0. The van der Waals surface area contributed by atoms with Gasteiger partial charge in [-0.1, -0.05) is 17.7 Å². The Labute approximate surface area is 130 Å². The maximum absolute atomic E-state index is 11.9. The molecule has 0 fully saturated rings. The van der Waals surface area contributed by atoms with Crippen molar-refractivity contribution in [1.82, 2.24) is 9.97 Å². The number of hydrogen-bond donors (Lipinski definition) is 0. The third-order valence-electron chi connectivity index (χ3n) is 3.17. The molecule has 0 aliphatic heterocycles. The van der Waals surface area contributed by atoms with E-state index in [1.54, 1.807) is 0 Å². The van der Waals surface area contributed by atoms with Crippen LogP contribution in [-0.4, -0.2) is 22.1 Å². The molecule has 1 aromatic carbocycles. The van der Waals surface area contributed by atoms with E-state index in [9.17, 15) is 4.79 Å². The van der Waals surface area contributed by atoms with Crippen LogP contribution in [0, 0.1) is 27.7 Å². The van der Waals surface area contributed by atoms with E-state index >= 15 is 0 Å². The number of carbonyl (C=O) groups is 1. The molecule has 1 aromatic heterocycles. The highest BCUT2D eigenvalue weighted by atomic mass is 16.2. The first-order valence-corrected chi connectivity index (χ1v) is 7.11. The fraction of sp³-hybridized carbons (Fsp3) is 0.294. The maximum Gasteiger partial charge on any atom is 0.244 e. The summed E-state index contributed by atoms with van der Waals surface area (Å²) in [5.74, 6) is 0.334. The molecule has 5 nitrogen and oxygen atoms in total. The van der Waals surface area contributed by atoms with Crippen LogP contribution in [0.15, 0.2) is 29.4 Å². The van der Waals surface area contributed by atoms with E-state index in [1.807, 2.05) is 52.0 Å². The average Bonchev–Trinajstić information content (AvgIpc) is 2.39. The van der Waals surface area contributed by atoms with Crippen LogP contribution in [0.1, 0.15) is 35.3 Å². The van der Waals surface area contributed by atoms with Crippen LogP contribution in [0.4, 0.5) is 5.69 Å². The monoisotopic (exact) mass is 296 g/mol. The van der Waals surface area contributed by atoms with Gasteiger partial charge in [0.05, 0.1) is 11.9 Å². The Morgan fingerprint density at radius 1 is 1.09 bits per heavy atom. The lowest BCUT2D eigenvalue weighted by Gasteiger charge is -2.17. The number of carbonyl (C=O) groups excluding carboxylic acids is 1. The van der Waals surface area contributed by atoms with Crippen molar-refractivity contribution >= 4 is 17.8 Å². The quantitative estimate of drug-likeness (QED) is 0.646. The second kappa shape index (κ2) is 6.47. The first-order valence-electron chi connectivity index (χ1n) is 7.11. The normalized spacial score (nSPS) is 11.0. The number of nitrogens with zero attached hydrogens (tertiary/aromatic N) is 4. The van der Waals surface area contributed by atoms with Crippen molar-refractivity contribution in [3.63, 3.8) is 0 Å². The van der Waals surface area contributed by atoms with Gasteiger partial charge in [0.2, 0.25) is 5.91 Å². The lowest BCUT2D eigenvalue weighted by Crippen LogP contribution is -2.23. The molecule has 0 aliphatic rings. The van der Waals surface area contributed by atoms with Gasteiger partial charge in [-0.3, -0.25) is 4.79 Å². The summed E-state index contributed by atoms with van der Waals surface area (Å²) in [4.78, 5) is 20.5. The molecule has 1 amide bonds. The molecular formula is C17H20N4O. The minimum atomic E-state index is -0.160. The Morgan fingerprint density at radius 2 is 1.73 bits per heavy atom. The van der Waals surface area contributed by atoms with E-state index in [1.165, 1.54) is 18.1 Å². The standard InChI is InChI=1S/C17H20N4O/c1-11-6-7-16(12(2)8-11)21(15(5)22)18-10-17-19-13(3)9-14(4)20-17/h6-10H,1-5H3/b18-10+. The van der Waals surface area contributed by atoms with Gasteiger partial charge in [-0.25, -0.2) is 15.0 Å². The average molecular weight is 296 g/mol. The number of hydrogen-bond acceptors (Lipinski definition) is 4. The second-order valence-corrected chi connectivity index (χ2v) is 5.37. The van der Waals surface area contributed by atoms with E-state index in [0.29, 0.717) is 5.82 Å². The summed E-state index contributed by atoms with van der Waals surface area (Å²) < 4.78 is 0. The molecule has 1 heterocycles. The van der Waals surface area contributed by atoms with Crippen LogP contribution in [0.5, 0.6) is 0 Å². The molecule has 0 spiro atoms. The van der Waals surface area contributed by atoms with E-state index < -0.39 is 0 Å². The van der Waals surface area contributed by atoms with Crippen LogP contribution in [0.2, 0.25) is 0 Å². The van der Waals surface area contributed by atoms with Gasteiger partial charge in [-0.2, -0.15) is 5.10 Å². The number of hydrazone groups is 1. The van der Waals surface area contributed by atoms with Crippen molar-refractivity contribution in [2.24, 2.45) is 5.10 Å². The highest BCUT2D eigenvalue weighted by Gasteiger charge is 2.12. The lowest BCUT2D eigenvalue weighted by atomic mass is 10.1. The third kappa shape index (κ3) is 3.75. The molecule has 0 radical (unpaired) electrons. The molecule has 0 N–H and O–H groups in total. The van der Waals surface area contributed by atoms with Crippen LogP contribution < -0.4 is 5.01 Å². The van der Waals surface area contributed by atoms with Gasteiger partial charge in [0.25, 0.3) is 0 Å². The zero-order chi connectivity index (χ0) is 16.3. The summed E-state index contributed by atoms with van der Waals surface area (Å²) in [6, 6.07) is 7.77. The van der Waals surface area contributed by atoms with Crippen molar-refractivity contribution in [1.29, 1.82) is 0 Å². The number of aryl methyl sites for hydroxylation is 4. The Bertz CT molecular complexity index is 717. The molecular weight excluding hydrogens is 276 g/mol. The predicted octanol–water partition coefficient (Wildman–Crippen LogP) is 3.10. The number of aromatic nitrogens is 2. The molecule has 2 rings (SSSR count). The summed E-state index contributed by atoms with van der Waals surface area (Å²) in [5, 5.41) is 5.64. The summed E-state index contributed by atoms with van der Waals surface area (Å²) in [7, 11) is 0. The van der Waals surface area contributed by atoms with Gasteiger partial charge < -0.3 is 0 Å². The Morgan fingerprint density at radius 3 is 2.27 bits per heavy atom. The van der Waals surface area contributed by atoms with Gasteiger partial charge in [0, 0.05) is 18.3 Å². The number of anilines is 1. The summed E-state index contributed by atoms with van der Waals surface area (Å²) in [5.41, 5.74) is 4.64. The molecule has 0 bridgehead atoms. The number of rotatable bonds is 3. The van der Waals surface area contributed by atoms with Crippen LogP contribution in [0.3, 0.4) is 0 Å². The first-order chi connectivity index (χ1) is 10.4. The fourth-order valence-electron chi connectivity index (χ4n) is 2.28. The Balaban J connectivity index is 2.36. The molecule has 2 aromatic rings. The van der Waals surface area contributed by atoms with Crippen molar-refractivity contribution in [3.05, 3.63) is 52.6 Å². The largest absolute Gasteiger partial charge is 0.273 e.